The number of carbonyl (C=O) groups excluding carboxylic acids is 2. The number of primary amides is 1. The van der Waals surface area contributed by atoms with Crippen molar-refractivity contribution in [2.45, 2.75) is 6.54 Å². The number of H-pyrrole nitrogens is 1. The van der Waals surface area contributed by atoms with E-state index >= 15 is 0 Å². The van der Waals surface area contributed by atoms with E-state index in [1.807, 2.05) is 35.9 Å². The van der Waals surface area contributed by atoms with Gasteiger partial charge in [-0.3, -0.25) is 9.59 Å². The van der Waals surface area contributed by atoms with Crippen molar-refractivity contribution in [3.8, 4) is 0 Å². The first-order valence-electron chi connectivity index (χ1n) is 8.01. The Morgan fingerprint density at radius 1 is 1.15 bits per heavy atom. The number of nitrogens with two attached hydrogens (primary N) is 1. The summed E-state index contributed by atoms with van der Waals surface area (Å²) in [5.41, 5.74) is 8.47. The molecule has 0 aliphatic carbocycles. The van der Waals surface area contributed by atoms with Crippen LogP contribution in [-0.2, 0) is 13.6 Å². The van der Waals surface area contributed by atoms with Crippen LogP contribution >= 0.6 is 0 Å². The monoisotopic (exact) mass is 348 g/mol. The first-order valence-corrected chi connectivity index (χ1v) is 8.01. The molecule has 2 aromatic carbocycles. The average molecular weight is 348 g/mol. The summed E-state index contributed by atoms with van der Waals surface area (Å²) in [5, 5.41) is 2.86. The Morgan fingerprint density at radius 3 is 2.73 bits per heavy atom. The molecule has 0 radical (unpaired) electrons. The number of hydrogen-bond donors (Lipinski definition) is 3. The van der Waals surface area contributed by atoms with Crippen LogP contribution in [0.4, 0.5) is 0 Å². The van der Waals surface area contributed by atoms with Gasteiger partial charge in [0, 0.05) is 7.05 Å². The number of benzene rings is 2. The van der Waals surface area contributed by atoms with E-state index in [0.29, 0.717) is 16.6 Å². The maximum Gasteiger partial charge on any atom is 0.284 e. The van der Waals surface area contributed by atoms with Crippen molar-refractivity contribution in [2.24, 2.45) is 12.8 Å². The summed E-state index contributed by atoms with van der Waals surface area (Å²) in [4.78, 5) is 35.4. The number of nitrogens with one attached hydrogen (secondary N) is 2. The van der Waals surface area contributed by atoms with Crippen LogP contribution in [0.1, 0.15) is 26.8 Å². The van der Waals surface area contributed by atoms with Crippen LogP contribution in [0, 0.1) is 0 Å². The van der Waals surface area contributed by atoms with Gasteiger partial charge in [-0.2, -0.15) is 0 Å². The molecule has 0 saturated carbocycles. The maximum absolute atomic E-state index is 12.6. The van der Waals surface area contributed by atoms with Gasteiger partial charge in [0.25, 0.3) is 11.8 Å². The molecule has 2 amide bonds. The summed E-state index contributed by atoms with van der Waals surface area (Å²) < 4.78 is 1.94. The molecular formula is C18H16N6O2. The van der Waals surface area contributed by atoms with Gasteiger partial charge in [0.05, 0.1) is 28.7 Å². The second-order valence-electron chi connectivity index (χ2n) is 5.91. The van der Waals surface area contributed by atoms with E-state index in [4.69, 9.17) is 5.73 Å². The highest BCUT2D eigenvalue weighted by Crippen LogP contribution is 2.17. The highest BCUT2D eigenvalue weighted by molar-refractivity contribution is 6.06. The molecule has 0 fully saturated rings. The van der Waals surface area contributed by atoms with Crippen molar-refractivity contribution in [3.63, 3.8) is 0 Å². The van der Waals surface area contributed by atoms with Crippen molar-refractivity contribution in [1.29, 1.82) is 0 Å². The summed E-state index contributed by atoms with van der Waals surface area (Å²) >= 11 is 0. The molecule has 4 aromatic rings. The van der Waals surface area contributed by atoms with E-state index in [0.717, 1.165) is 16.9 Å². The van der Waals surface area contributed by atoms with E-state index < -0.39 is 5.91 Å². The van der Waals surface area contributed by atoms with E-state index in [-0.39, 0.29) is 18.3 Å². The Balaban J connectivity index is 1.61. The molecule has 0 aliphatic heterocycles. The Morgan fingerprint density at radius 2 is 1.96 bits per heavy atom. The van der Waals surface area contributed by atoms with E-state index in [1.54, 1.807) is 18.2 Å². The second-order valence-corrected chi connectivity index (χ2v) is 5.91. The standard InChI is InChI=1S/C18H16N6O2/c1-24-13-8-3-2-6-11(13)21-14(24)9-20-18(26)10-5-4-7-12-15(10)23-17(22-12)16(19)25/h2-8H,9H2,1H3,(H2,19,25)(H,20,26)(H,22,23). The molecule has 8 nitrogen and oxygen atoms in total. The number of hydrogen-bond acceptors (Lipinski definition) is 4. The molecule has 130 valence electrons. The minimum absolute atomic E-state index is 0.0237. The zero-order chi connectivity index (χ0) is 18.3. The first kappa shape index (κ1) is 15.8. The van der Waals surface area contributed by atoms with Gasteiger partial charge in [-0.15, -0.1) is 0 Å². The fourth-order valence-electron chi connectivity index (χ4n) is 2.94. The normalized spacial score (nSPS) is 11.1. The van der Waals surface area contributed by atoms with Crippen LogP contribution in [0.25, 0.3) is 22.1 Å². The minimum Gasteiger partial charge on any atom is -0.363 e. The fourth-order valence-corrected chi connectivity index (χ4v) is 2.94. The predicted octanol–water partition coefficient (Wildman–Crippen LogP) is 1.48. The number of aryl methyl sites for hydroxylation is 1. The second kappa shape index (κ2) is 5.99. The number of imidazole rings is 2. The molecule has 0 bridgehead atoms. The van der Waals surface area contributed by atoms with Crippen molar-refractivity contribution in [1.82, 2.24) is 24.8 Å². The number of fused-ring (bicyclic) bond motifs is 2. The zero-order valence-corrected chi connectivity index (χ0v) is 14.0. The molecule has 26 heavy (non-hydrogen) atoms. The third kappa shape index (κ3) is 2.57. The lowest BCUT2D eigenvalue weighted by Crippen LogP contribution is -2.24. The van der Waals surface area contributed by atoms with Gasteiger partial charge in [-0.1, -0.05) is 18.2 Å². The topological polar surface area (TPSA) is 119 Å². The Hall–Kier alpha value is -3.68. The molecule has 0 atom stereocenters. The molecular weight excluding hydrogens is 332 g/mol. The smallest absolute Gasteiger partial charge is 0.284 e. The SMILES string of the molecule is Cn1c(CNC(=O)c2cccc3[nH]c(C(N)=O)nc23)nc2ccccc21. The summed E-state index contributed by atoms with van der Waals surface area (Å²) in [6.07, 6.45) is 0. The molecule has 0 aliphatic rings. The zero-order valence-electron chi connectivity index (χ0n) is 14.0. The molecule has 2 heterocycles. The van der Waals surface area contributed by atoms with E-state index in [1.165, 1.54) is 0 Å². The van der Waals surface area contributed by atoms with Crippen LogP contribution in [-0.4, -0.2) is 31.3 Å². The highest BCUT2D eigenvalue weighted by Gasteiger charge is 2.16. The quantitative estimate of drug-likeness (QED) is 0.517. The van der Waals surface area contributed by atoms with Crippen LogP contribution in [0.5, 0.6) is 0 Å². The van der Waals surface area contributed by atoms with E-state index in [9.17, 15) is 9.59 Å². The number of aromatic amines is 1. The van der Waals surface area contributed by atoms with Gasteiger partial charge in [-0.25, -0.2) is 9.97 Å². The lowest BCUT2D eigenvalue weighted by molar-refractivity contribution is 0.0949. The predicted molar refractivity (Wildman–Crippen MR) is 96.5 cm³/mol. The molecule has 4 rings (SSSR count). The summed E-state index contributed by atoms with van der Waals surface area (Å²) in [6.45, 7) is 0.271. The van der Waals surface area contributed by atoms with E-state index in [2.05, 4.69) is 20.3 Å². The van der Waals surface area contributed by atoms with Gasteiger partial charge in [0.15, 0.2) is 5.82 Å². The molecule has 0 unspecified atom stereocenters. The minimum atomic E-state index is -0.674. The molecule has 8 heteroatoms. The molecule has 0 saturated heterocycles. The molecule has 0 spiro atoms. The number of nitrogens with zero attached hydrogens (tertiary/aromatic N) is 3. The number of aromatic nitrogens is 4. The largest absolute Gasteiger partial charge is 0.363 e. The van der Waals surface area contributed by atoms with Crippen LogP contribution in [0.3, 0.4) is 0 Å². The van der Waals surface area contributed by atoms with Crippen molar-refractivity contribution < 1.29 is 9.59 Å². The van der Waals surface area contributed by atoms with Gasteiger partial charge in [-0.05, 0) is 24.3 Å². The Labute approximate surface area is 148 Å². The van der Waals surface area contributed by atoms with Gasteiger partial charge in [0.2, 0.25) is 0 Å². The highest BCUT2D eigenvalue weighted by atomic mass is 16.2. The lowest BCUT2D eigenvalue weighted by atomic mass is 10.1. The number of para-hydroxylation sites is 3. The third-order valence-corrected chi connectivity index (χ3v) is 4.28. The van der Waals surface area contributed by atoms with Crippen LogP contribution < -0.4 is 11.1 Å². The molecule has 4 N–H and O–H groups in total. The Kier molecular flexibility index (Phi) is 3.65. The number of carbonyl (C=O) groups is 2. The average Bonchev–Trinajstić information content (AvgIpc) is 3.21. The van der Waals surface area contributed by atoms with Gasteiger partial charge in [0.1, 0.15) is 11.3 Å². The summed E-state index contributed by atoms with van der Waals surface area (Å²) in [5.74, 6) is -0.209. The fraction of sp³-hybridized carbons (Fsp3) is 0.111. The van der Waals surface area contributed by atoms with Crippen molar-refractivity contribution in [2.75, 3.05) is 0 Å². The first-order chi connectivity index (χ1) is 12.5. The van der Waals surface area contributed by atoms with Crippen LogP contribution in [0.2, 0.25) is 0 Å². The van der Waals surface area contributed by atoms with Gasteiger partial charge < -0.3 is 20.6 Å². The van der Waals surface area contributed by atoms with Crippen molar-refractivity contribution in [3.05, 3.63) is 59.7 Å². The third-order valence-electron chi connectivity index (χ3n) is 4.28. The van der Waals surface area contributed by atoms with Crippen LogP contribution in [0.15, 0.2) is 42.5 Å². The summed E-state index contributed by atoms with van der Waals surface area (Å²) in [7, 11) is 1.91. The number of amides is 2. The van der Waals surface area contributed by atoms with Gasteiger partial charge >= 0.3 is 0 Å². The van der Waals surface area contributed by atoms with Crippen molar-refractivity contribution >= 4 is 33.9 Å². The molecule has 2 aromatic heterocycles. The Bertz CT molecular complexity index is 1160. The summed E-state index contributed by atoms with van der Waals surface area (Å²) in [6, 6.07) is 12.9. The number of rotatable bonds is 4. The maximum atomic E-state index is 12.6. The lowest BCUT2D eigenvalue weighted by Gasteiger charge is -2.06.